The van der Waals surface area contributed by atoms with Gasteiger partial charge in [0.15, 0.2) is 0 Å². The number of hydrogen-bond donors (Lipinski definition) is 1. The van der Waals surface area contributed by atoms with Gasteiger partial charge in [-0.05, 0) is 19.7 Å². The normalized spacial score (nSPS) is 10.6. The summed E-state index contributed by atoms with van der Waals surface area (Å²) >= 11 is 0. The van der Waals surface area contributed by atoms with Crippen LogP contribution in [0, 0.1) is 0 Å². The predicted octanol–water partition coefficient (Wildman–Crippen LogP) is 1.72. The quantitative estimate of drug-likeness (QED) is 0.843. The van der Waals surface area contributed by atoms with Crippen LogP contribution in [0.5, 0.6) is 0 Å². The molecule has 0 saturated heterocycles. The number of aromatic nitrogens is 2. The summed E-state index contributed by atoms with van der Waals surface area (Å²) in [7, 11) is 5.79. The van der Waals surface area contributed by atoms with Crippen molar-refractivity contribution >= 4 is 11.9 Å². The fourth-order valence-electron chi connectivity index (χ4n) is 2.07. The molecule has 0 bridgehead atoms. The molecule has 0 atom stereocenters. The van der Waals surface area contributed by atoms with E-state index in [1.807, 2.05) is 44.4 Å². The summed E-state index contributed by atoms with van der Waals surface area (Å²) in [6.07, 6.45) is 3.13. The molecule has 0 aliphatic heterocycles. The number of nitrogens with one attached hydrogen (secondary N) is 1. The van der Waals surface area contributed by atoms with Crippen LogP contribution in [0.25, 0.3) is 0 Å². The van der Waals surface area contributed by atoms with Crippen LogP contribution in [-0.4, -0.2) is 59.9 Å². The molecule has 122 valence electrons. The van der Waals surface area contributed by atoms with E-state index in [9.17, 15) is 4.79 Å². The van der Waals surface area contributed by atoms with E-state index < -0.39 is 0 Å². The molecule has 1 aromatic heterocycles. The Morgan fingerprint density at radius 1 is 1.09 bits per heavy atom. The summed E-state index contributed by atoms with van der Waals surface area (Å²) in [5.74, 6) is 0.447. The van der Waals surface area contributed by atoms with E-state index in [-0.39, 0.29) is 5.91 Å². The maximum absolute atomic E-state index is 12.4. The number of amides is 1. The first-order chi connectivity index (χ1) is 11.1. The molecule has 1 N–H and O–H groups in total. The van der Waals surface area contributed by atoms with Crippen molar-refractivity contribution in [3.05, 3.63) is 53.9 Å². The molecule has 1 amide bonds. The third-order valence-electron chi connectivity index (χ3n) is 3.35. The highest BCUT2D eigenvalue weighted by Gasteiger charge is 2.13. The van der Waals surface area contributed by atoms with E-state index in [0.29, 0.717) is 18.1 Å². The monoisotopic (exact) mass is 313 g/mol. The number of nitrogens with zero attached hydrogens (tertiary/aromatic N) is 4. The minimum atomic E-state index is -0.0892. The summed E-state index contributed by atoms with van der Waals surface area (Å²) in [5.41, 5.74) is 1.58. The Bertz CT molecular complexity index is 613. The van der Waals surface area contributed by atoms with Gasteiger partial charge in [-0.2, -0.15) is 0 Å². The first-order valence-corrected chi connectivity index (χ1v) is 7.56. The van der Waals surface area contributed by atoms with Gasteiger partial charge >= 0.3 is 0 Å². The SMILES string of the molecule is CN(C)CCNc1ncc(C(=O)N(C)Cc2ccccc2)cn1. The van der Waals surface area contributed by atoms with Gasteiger partial charge in [-0.3, -0.25) is 4.79 Å². The third kappa shape index (κ3) is 5.34. The van der Waals surface area contributed by atoms with E-state index in [1.165, 1.54) is 0 Å². The fraction of sp³-hybridized carbons (Fsp3) is 0.353. The molecular weight excluding hydrogens is 290 g/mol. The van der Waals surface area contributed by atoms with Crippen molar-refractivity contribution in [2.45, 2.75) is 6.54 Å². The van der Waals surface area contributed by atoms with Crippen LogP contribution in [0.2, 0.25) is 0 Å². The molecule has 0 saturated carbocycles. The van der Waals surface area contributed by atoms with E-state index >= 15 is 0 Å². The van der Waals surface area contributed by atoms with Crippen molar-refractivity contribution < 1.29 is 4.79 Å². The van der Waals surface area contributed by atoms with Gasteiger partial charge < -0.3 is 15.1 Å². The topological polar surface area (TPSA) is 61.4 Å². The minimum Gasteiger partial charge on any atom is -0.353 e. The summed E-state index contributed by atoms with van der Waals surface area (Å²) in [6, 6.07) is 9.88. The number of carbonyl (C=O) groups excluding carboxylic acids is 1. The second-order valence-electron chi connectivity index (χ2n) is 5.67. The molecule has 6 heteroatoms. The molecule has 2 aromatic rings. The van der Waals surface area contributed by atoms with Crippen LogP contribution in [0.4, 0.5) is 5.95 Å². The van der Waals surface area contributed by atoms with Crippen molar-refractivity contribution in [3.63, 3.8) is 0 Å². The van der Waals surface area contributed by atoms with Gasteiger partial charge in [0.2, 0.25) is 5.95 Å². The lowest BCUT2D eigenvalue weighted by molar-refractivity contribution is 0.0784. The van der Waals surface area contributed by atoms with E-state index in [4.69, 9.17) is 0 Å². The summed E-state index contributed by atoms with van der Waals surface area (Å²) in [6.45, 7) is 2.21. The lowest BCUT2D eigenvalue weighted by Gasteiger charge is -2.17. The summed E-state index contributed by atoms with van der Waals surface area (Å²) in [5, 5.41) is 3.12. The number of likely N-dealkylation sites (N-methyl/N-ethyl adjacent to an activating group) is 1. The van der Waals surface area contributed by atoms with Crippen molar-refractivity contribution in [1.29, 1.82) is 0 Å². The lowest BCUT2D eigenvalue weighted by Crippen LogP contribution is -2.26. The van der Waals surface area contributed by atoms with Gasteiger partial charge in [-0.25, -0.2) is 9.97 Å². The highest BCUT2D eigenvalue weighted by molar-refractivity contribution is 5.93. The molecule has 6 nitrogen and oxygen atoms in total. The second kappa shape index (κ2) is 8.24. The fourth-order valence-corrected chi connectivity index (χ4v) is 2.07. The van der Waals surface area contributed by atoms with Crippen LogP contribution < -0.4 is 5.32 Å². The number of carbonyl (C=O) groups is 1. The van der Waals surface area contributed by atoms with E-state index in [2.05, 4.69) is 20.2 Å². The maximum atomic E-state index is 12.4. The maximum Gasteiger partial charge on any atom is 0.257 e. The smallest absolute Gasteiger partial charge is 0.257 e. The largest absolute Gasteiger partial charge is 0.353 e. The number of anilines is 1. The number of rotatable bonds is 7. The highest BCUT2D eigenvalue weighted by atomic mass is 16.2. The highest BCUT2D eigenvalue weighted by Crippen LogP contribution is 2.08. The summed E-state index contributed by atoms with van der Waals surface area (Å²) < 4.78 is 0. The second-order valence-corrected chi connectivity index (χ2v) is 5.67. The molecule has 23 heavy (non-hydrogen) atoms. The Labute approximate surface area is 137 Å². The Balaban J connectivity index is 1.91. The Morgan fingerprint density at radius 2 is 1.74 bits per heavy atom. The zero-order chi connectivity index (χ0) is 16.7. The first-order valence-electron chi connectivity index (χ1n) is 7.56. The standard InChI is InChI=1S/C17H23N5O/c1-21(2)10-9-18-17-19-11-15(12-20-17)16(23)22(3)13-14-7-5-4-6-8-14/h4-8,11-12H,9-10,13H2,1-3H3,(H,18,19,20). The Kier molecular flexibility index (Phi) is 6.05. The molecule has 0 radical (unpaired) electrons. The van der Waals surface area contributed by atoms with Gasteiger partial charge in [-0.15, -0.1) is 0 Å². The van der Waals surface area contributed by atoms with Gasteiger partial charge in [0.1, 0.15) is 0 Å². The molecule has 2 rings (SSSR count). The van der Waals surface area contributed by atoms with Gasteiger partial charge in [0.25, 0.3) is 5.91 Å². The molecule has 0 fully saturated rings. The van der Waals surface area contributed by atoms with E-state index in [0.717, 1.165) is 18.7 Å². The van der Waals surface area contributed by atoms with Gasteiger partial charge in [-0.1, -0.05) is 30.3 Å². The predicted molar refractivity (Wildman–Crippen MR) is 91.3 cm³/mol. The van der Waals surface area contributed by atoms with Crippen LogP contribution in [0.15, 0.2) is 42.7 Å². The van der Waals surface area contributed by atoms with Crippen LogP contribution in [0.3, 0.4) is 0 Å². The van der Waals surface area contributed by atoms with Crippen molar-refractivity contribution in [1.82, 2.24) is 19.8 Å². The zero-order valence-corrected chi connectivity index (χ0v) is 13.9. The molecular formula is C17H23N5O. The van der Waals surface area contributed by atoms with Crippen LogP contribution >= 0.6 is 0 Å². The van der Waals surface area contributed by atoms with E-state index in [1.54, 1.807) is 24.3 Å². The molecule has 0 aliphatic rings. The zero-order valence-electron chi connectivity index (χ0n) is 13.9. The Morgan fingerprint density at radius 3 is 2.35 bits per heavy atom. The molecule has 1 aromatic carbocycles. The third-order valence-corrected chi connectivity index (χ3v) is 3.35. The first kappa shape index (κ1) is 16.9. The molecule has 0 spiro atoms. The number of benzene rings is 1. The Hall–Kier alpha value is -2.47. The number of hydrogen-bond acceptors (Lipinski definition) is 5. The van der Waals surface area contributed by atoms with Crippen molar-refractivity contribution in [3.8, 4) is 0 Å². The average molecular weight is 313 g/mol. The molecule has 0 aliphatic carbocycles. The van der Waals surface area contributed by atoms with Gasteiger partial charge in [0, 0.05) is 39.1 Å². The minimum absolute atomic E-state index is 0.0892. The summed E-state index contributed by atoms with van der Waals surface area (Å²) in [4.78, 5) is 24.5. The van der Waals surface area contributed by atoms with Gasteiger partial charge in [0.05, 0.1) is 5.56 Å². The lowest BCUT2D eigenvalue weighted by atomic mass is 10.2. The van der Waals surface area contributed by atoms with Crippen molar-refractivity contribution in [2.24, 2.45) is 0 Å². The van der Waals surface area contributed by atoms with Crippen LogP contribution in [0.1, 0.15) is 15.9 Å². The van der Waals surface area contributed by atoms with Crippen LogP contribution in [-0.2, 0) is 6.54 Å². The average Bonchev–Trinajstić information content (AvgIpc) is 2.55. The molecule has 0 unspecified atom stereocenters. The molecule has 1 heterocycles. The van der Waals surface area contributed by atoms with Crippen molar-refractivity contribution in [2.75, 3.05) is 39.5 Å².